The molecule has 2 N–H and O–H groups in total. The Morgan fingerprint density at radius 2 is 1.89 bits per heavy atom. The van der Waals surface area contributed by atoms with Gasteiger partial charge in [0.15, 0.2) is 0 Å². The van der Waals surface area contributed by atoms with Crippen molar-refractivity contribution in [2.24, 2.45) is 0 Å². The van der Waals surface area contributed by atoms with Crippen LogP contribution in [0, 0.1) is 11.3 Å². The van der Waals surface area contributed by atoms with Crippen LogP contribution in [0.4, 0.5) is 4.79 Å². The molecule has 1 atom stereocenters. The summed E-state index contributed by atoms with van der Waals surface area (Å²) in [5.74, 6) is -0.845. The van der Waals surface area contributed by atoms with Gasteiger partial charge in [0, 0.05) is 0 Å². The summed E-state index contributed by atoms with van der Waals surface area (Å²) in [5, 5.41) is 15.2. The normalized spacial score (nSPS) is 25.8. The van der Waals surface area contributed by atoms with E-state index in [-0.39, 0.29) is 12.5 Å². The molecule has 1 spiro atoms. The number of carbonyl (C=O) groups excluding carboxylic acids is 3. The van der Waals surface area contributed by atoms with Gasteiger partial charge in [0.2, 0.25) is 5.91 Å². The Labute approximate surface area is 164 Å². The van der Waals surface area contributed by atoms with Gasteiger partial charge < -0.3 is 10.6 Å². The van der Waals surface area contributed by atoms with Crippen LogP contribution in [0.15, 0.2) is 24.3 Å². The number of nitrogens with one attached hydrogen (secondary N) is 2. The van der Waals surface area contributed by atoms with Crippen molar-refractivity contribution in [1.82, 2.24) is 15.5 Å². The number of amides is 4. The minimum atomic E-state index is -1.08. The Morgan fingerprint density at radius 1 is 1.14 bits per heavy atom. The molecule has 1 aromatic carbocycles. The van der Waals surface area contributed by atoms with Gasteiger partial charge in [-0.15, -0.1) is 0 Å². The highest BCUT2D eigenvalue weighted by Gasteiger charge is 2.54. The van der Waals surface area contributed by atoms with Gasteiger partial charge >= 0.3 is 6.03 Å². The Morgan fingerprint density at radius 3 is 2.64 bits per heavy atom. The maximum absolute atomic E-state index is 13.2. The summed E-state index contributed by atoms with van der Waals surface area (Å²) >= 11 is 0. The zero-order valence-corrected chi connectivity index (χ0v) is 15.8. The van der Waals surface area contributed by atoms with Crippen LogP contribution in [0.25, 0.3) is 0 Å². The Hall–Kier alpha value is -2.88. The molecule has 1 saturated heterocycles. The summed E-state index contributed by atoms with van der Waals surface area (Å²) in [6.45, 7) is -0.363. The number of nitrogens with zero attached hydrogens (tertiary/aromatic N) is 2. The third-order valence-corrected chi connectivity index (χ3v) is 6.25. The van der Waals surface area contributed by atoms with Gasteiger partial charge in [-0.1, -0.05) is 43.5 Å². The lowest BCUT2D eigenvalue weighted by atomic mass is 9.76. The molecule has 0 radical (unpaired) electrons. The van der Waals surface area contributed by atoms with Crippen LogP contribution in [0.3, 0.4) is 0 Å². The summed E-state index contributed by atoms with van der Waals surface area (Å²) in [4.78, 5) is 39.4. The second-order valence-electron chi connectivity index (χ2n) is 8.04. The lowest BCUT2D eigenvalue weighted by Crippen LogP contribution is -2.52. The number of imide groups is 1. The van der Waals surface area contributed by atoms with Crippen LogP contribution in [0.2, 0.25) is 0 Å². The molecule has 7 heteroatoms. The second-order valence-corrected chi connectivity index (χ2v) is 8.04. The van der Waals surface area contributed by atoms with E-state index in [9.17, 15) is 19.6 Å². The van der Waals surface area contributed by atoms with Gasteiger partial charge in [-0.05, 0) is 43.2 Å². The molecule has 3 aliphatic rings. The quantitative estimate of drug-likeness (QED) is 0.784. The van der Waals surface area contributed by atoms with Crippen molar-refractivity contribution in [2.45, 2.75) is 62.4 Å². The molecule has 0 unspecified atom stereocenters. The molecule has 1 saturated carbocycles. The predicted octanol–water partition coefficient (Wildman–Crippen LogP) is 2.11. The van der Waals surface area contributed by atoms with Crippen LogP contribution in [0.1, 0.15) is 56.1 Å². The van der Waals surface area contributed by atoms with Crippen LogP contribution < -0.4 is 10.6 Å². The van der Waals surface area contributed by atoms with Crippen molar-refractivity contribution in [3.63, 3.8) is 0 Å². The van der Waals surface area contributed by atoms with Crippen LogP contribution >= 0.6 is 0 Å². The number of carbonyl (C=O) groups is 3. The third-order valence-electron chi connectivity index (χ3n) is 6.25. The van der Waals surface area contributed by atoms with Crippen LogP contribution in [-0.4, -0.2) is 34.8 Å². The number of nitriles is 1. The molecule has 2 aliphatic carbocycles. The van der Waals surface area contributed by atoms with Gasteiger partial charge in [-0.25, -0.2) is 4.79 Å². The number of benzene rings is 1. The highest BCUT2D eigenvalue weighted by molar-refractivity contribution is 6.09. The van der Waals surface area contributed by atoms with Gasteiger partial charge in [-0.2, -0.15) is 5.26 Å². The number of hydrogen-bond donors (Lipinski definition) is 2. The first-order valence-electron chi connectivity index (χ1n) is 9.94. The van der Waals surface area contributed by atoms with Crippen molar-refractivity contribution in [3.8, 4) is 6.07 Å². The van der Waals surface area contributed by atoms with E-state index >= 15 is 0 Å². The molecule has 1 heterocycles. The minimum absolute atomic E-state index is 0.363. The zero-order chi connectivity index (χ0) is 19.8. The number of urea groups is 1. The Balaban J connectivity index is 1.53. The molecule has 0 bridgehead atoms. The first kappa shape index (κ1) is 18.5. The first-order chi connectivity index (χ1) is 13.5. The lowest BCUT2D eigenvalue weighted by molar-refractivity contribution is -0.136. The number of rotatable bonds is 3. The monoisotopic (exact) mass is 380 g/mol. The molecule has 0 aromatic heterocycles. The summed E-state index contributed by atoms with van der Waals surface area (Å²) in [5.41, 5.74) is -0.0872. The van der Waals surface area contributed by atoms with Crippen molar-refractivity contribution in [2.75, 3.05) is 6.54 Å². The fraction of sp³-hybridized carbons (Fsp3) is 0.524. The summed E-state index contributed by atoms with van der Waals surface area (Å²) < 4.78 is 0. The molecule has 1 aromatic rings. The first-order valence-corrected chi connectivity index (χ1v) is 9.94. The number of aryl methyl sites for hydroxylation is 1. The highest BCUT2D eigenvalue weighted by atomic mass is 16.2. The van der Waals surface area contributed by atoms with Gasteiger partial charge in [0.25, 0.3) is 5.91 Å². The van der Waals surface area contributed by atoms with Crippen molar-refractivity contribution in [3.05, 3.63) is 35.4 Å². The predicted molar refractivity (Wildman–Crippen MR) is 101 cm³/mol. The Bertz CT molecular complexity index is 869. The fourth-order valence-electron chi connectivity index (χ4n) is 4.83. The fourth-order valence-corrected chi connectivity index (χ4v) is 4.83. The van der Waals surface area contributed by atoms with Crippen LogP contribution in [0.5, 0.6) is 0 Å². The lowest BCUT2D eigenvalue weighted by Gasteiger charge is -2.33. The molecule has 146 valence electrons. The molecule has 1 aliphatic heterocycles. The average Bonchev–Trinajstić information content (AvgIpc) is 2.94. The summed E-state index contributed by atoms with van der Waals surface area (Å²) in [6, 6.07) is 9.32. The third kappa shape index (κ3) is 2.93. The average molecular weight is 380 g/mol. The zero-order valence-electron chi connectivity index (χ0n) is 15.8. The van der Waals surface area contributed by atoms with E-state index in [1.165, 1.54) is 0 Å². The van der Waals surface area contributed by atoms with Crippen molar-refractivity contribution < 1.29 is 14.4 Å². The molecule has 2 fully saturated rings. The van der Waals surface area contributed by atoms with E-state index in [1.54, 1.807) is 0 Å². The van der Waals surface area contributed by atoms with Gasteiger partial charge in [0.1, 0.15) is 17.6 Å². The van der Waals surface area contributed by atoms with E-state index in [2.05, 4.69) is 16.7 Å². The molecule has 28 heavy (non-hydrogen) atoms. The van der Waals surface area contributed by atoms with Crippen LogP contribution in [-0.2, 0) is 21.5 Å². The van der Waals surface area contributed by atoms with Gasteiger partial charge in [-0.3, -0.25) is 14.5 Å². The number of hydrogen-bond acceptors (Lipinski definition) is 4. The maximum atomic E-state index is 13.2. The standard InChI is InChI=1S/C21H24N4O3/c22-14-20(10-4-1-5-11-20)23-17(26)13-25-18(27)21(24-19(25)28)12-6-8-15-7-2-3-9-16(15)21/h2-3,7,9H,1,4-6,8,10-13H2,(H,23,26)(H,24,28)/t21-/m0/s1. The molecule has 4 amide bonds. The van der Waals surface area contributed by atoms with Crippen molar-refractivity contribution in [1.29, 1.82) is 5.26 Å². The summed E-state index contributed by atoms with van der Waals surface area (Å²) in [6.07, 6.45) is 6.21. The van der Waals surface area contributed by atoms with E-state index in [4.69, 9.17) is 0 Å². The smallest absolute Gasteiger partial charge is 0.325 e. The molecule has 7 nitrogen and oxygen atoms in total. The molecular formula is C21H24N4O3. The second kappa shape index (κ2) is 6.93. The van der Waals surface area contributed by atoms with Crippen molar-refractivity contribution >= 4 is 17.8 Å². The van der Waals surface area contributed by atoms with E-state index in [0.29, 0.717) is 19.3 Å². The Kier molecular flexibility index (Phi) is 4.58. The topological polar surface area (TPSA) is 102 Å². The van der Waals surface area contributed by atoms with E-state index < -0.39 is 23.0 Å². The van der Waals surface area contributed by atoms with E-state index in [1.807, 2.05) is 24.3 Å². The van der Waals surface area contributed by atoms with Gasteiger partial charge in [0.05, 0.1) is 6.07 Å². The maximum Gasteiger partial charge on any atom is 0.325 e. The summed E-state index contributed by atoms with van der Waals surface area (Å²) in [7, 11) is 0. The molecular weight excluding hydrogens is 356 g/mol. The minimum Gasteiger partial charge on any atom is -0.336 e. The molecule has 4 rings (SSSR count). The highest BCUT2D eigenvalue weighted by Crippen LogP contribution is 2.39. The van der Waals surface area contributed by atoms with E-state index in [0.717, 1.165) is 48.1 Å². The SMILES string of the molecule is N#CC1(NC(=O)CN2C(=O)N[C@]3(CCCc4ccccc43)C2=O)CCCCC1. The largest absolute Gasteiger partial charge is 0.336 e. The number of fused-ring (bicyclic) bond motifs is 2.